The average molecular weight is 517 g/mol. The van der Waals surface area contributed by atoms with Crippen molar-refractivity contribution in [3.63, 3.8) is 0 Å². The second kappa shape index (κ2) is 14.3. The second-order valence-electron chi connectivity index (χ2n) is 8.62. The van der Waals surface area contributed by atoms with E-state index in [1.54, 1.807) is 11.8 Å². The third kappa shape index (κ3) is 8.82. The Morgan fingerprint density at radius 3 is 2.46 bits per heavy atom. The molecule has 0 unspecified atom stereocenters. The monoisotopic (exact) mass is 516 g/mol. The number of ether oxygens (including phenoxy) is 4. The Labute approximate surface area is 217 Å². The first-order valence-electron chi connectivity index (χ1n) is 12.6. The SMILES string of the molecule is CCOCCCN(CC(=O)N(Cc1ccc2c(c1)OCO2)Cc1ccc(C)o1)C(=O)CCC(=O)OCC. The molecule has 0 N–H and O–H groups in total. The zero-order valence-electron chi connectivity index (χ0n) is 21.8. The molecular formula is C27H36N2O8. The van der Waals surface area contributed by atoms with Crippen LogP contribution < -0.4 is 9.47 Å². The number of rotatable bonds is 15. The van der Waals surface area contributed by atoms with Gasteiger partial charge in [-0.05, 0) is 57.0 Å². The number of carbonyl (C=O) groups is 3. The van der Waals surface area contributed by atoms with E-state index in [9.17, 15) is 14.4 Å². The lowest BCUT2D eigenvalue weighted by Gasteiger charge is -2.27. The van der Waals surface area contributed by atoms with E-state index in [1.807, 2.05) is 44.2 Å². The van der Waals surface area contributed by atoms with E-state index in [2.05, 4.69) is 0 Å². The number of amides is 2. The smallest absolute Gasteiger partial charge is 0.306 e. The molecular weight excluding hydrogens is 480 g/mol. The fraction of sp³-hybridized carbons (Fsp3) is 0.519. The first-order valence-corrected chi connectivity index (χ1v) is 12.6. The summed E-state index contributed by atoms with van der Waals surface area (Å²) in [5.74, 6) is 1.72. The van der Waals surface area contributed by atoms with Gasteiger partial charge in [0.2, 0.25) is 18.6 Å². The quantitative estimate of drug-likeness (QED) is 0.262. The number of carbonyl (C=O) groups excluding carboxylic acids is 3. The van der Waals surface area contributed by atoms with E-state index >= 15 is 0 Å². The minimum absolute atomic E-state index is 0.0275. The molecule has 202 valence electrons. The van der Waals surface area contributed by atoms with E-state index in [0.717, 1.165) is 11.3 Å². The molecule has 0 spiro atoms. The molecule has 1 aromatic carbocycles. The van der Waals surface area contributed by atoms with Gasteiger partial charge in [-0.25, -0.2) is 0 Å². The summed E-state index contributed by atoms with van der Waals surface area (Å²) in [4.78, 5) is 41.4. The molecule has 1 aliphatic heterocycles. The highest BCUT2D eigenvalue weighted by molar-refractivity contribution is 5.86. The number of furan rings is 1. The first kappa shape index (κ1) is 28.0. The number of benzene rings is 1. The first-order chi connectivity index (χ1) is 17.9. The third-order valence-electron chi connectivity index (χ3n) is 5.75. The number of fused-ring (bicyclic) bond motifs is 1. The number of hydrogen-bond acceptors (Lipinski definition) is 8. The van der Waals surface area contributed by atoms with Crippen LogP contribution in [0.1, 0.15) is 50.2 Å². The Balaban J connectivity index is 1.72. The van der Waals surface area contributed by atoms with Gasteiger partial charge in [0.15, 0.2) is 11.5 Å². The molecule has 0 fully saturated rings. The summed E-state index contributed by atoms with van der Waals surface area (Å²) in [5, 5.41) is 0. The number of aryl methyl sites for hydroxylation is 1. The van der Waals surface area contributed by atoms with Gasteiger partial charge in [-0.1, -0.05) is 6.07 Å². The summed E-state index contributed by atoms with van der Waals surface area (Å²) in [6, 6.07) is 9.22. The minimum Gasteiger partial charge on any atom is -0.466 e. The Morgan fingerprint density at radius 2 is 1.73 bits per heavy atom. The van der Waals surface area contributed by atoms with Crippen molar-refractivity contribution in [1.29, 1.82) is 0 Å². The molecule has 1 aliphatic rings. The Bertz CT molecular complexity index is 1050. The summed E-state index contributed by atoms with van der Waals surface area (Å²) in [5.41, 5.74) is 0.859. The molecule has 2 aromatic rings. The molecule has 3 rings (SSSR count). The maximum atomic E-state index is 13.5. The molecule has 0 bridgehead atoms. The van der Waals surface area contributed by atoms with Crippen molar-refractivity contribution in [2.24, 2.45) is 0 Å². The zero-order chi connectivity index (χ0) is 26.6. The van der Waals surface area contributed by atoms with Crippen LogP contribution in [-0.4, -0.2) is 67.3 Å². The van der Waals surface area contributed by atoms with Gasteiger partial charge in [0.05, 0.1) is 26.1 Å². The van der Waals surface area contributed by atoms with E-state index in [1.165, 1.54) is 4.90 Å². The lowest BCUT2D eigenvalue weighted by molar-refractivity contribution is -0.146. The second-order valence-corrected chi connectivity index (χ2v) is 8.62. The molecule has 2 heterocycles. The van der Waals surface area contributed by atoms with E-state index in [4.69, 9.17) is 23.4 Å². The van der Waals surface area contributed by atoms with E-state index in [0.29, 0.717) is 50.0 Å². The average Bonchev–Trinajstić information content (AvgIpc) is 3.52. The largest absolute Gasteiger partial charge is 0.466 e. The summed E-state index contributed by atoms with van der Waals surface area (Å²) in [6.07, 6.45) is 0.515. The Morgan fingerprint density at radius 1 is 0.919 bits per heavy atom. The van der Waals surface area contributed by atoms with Crippen molar-refractivity contribution in [2.45, 2.75) is 53.1 Å². The molecule has 2 amide bonds. The van der Waals surface area contributed by atoms with Crippen molar-refractivity contribution < 1.29 is 37.7 Å². The number of hydrogen-bond donors (Lipinski definition) is 0. The van der Waals surface area contributed by atoms with Gasteiger partial charge >= 0.3 is 5.97 Å². The van der Waals surface area contributed by atoms with Gasteiger partial charge < -0.3 is 33.2 Å². The predicted molar refractivity (Wildman–Crippen MR) is 134 cm³/mol. The van der Waals surface area contributed by atoms with Crippen LogP contribution in [0.2, 0.25) is 0 Å². The highest BCUT2D eigenvalue weighted by Crippen LogP contribution is 2.33. The fourth-order valence-corrected chi connectivity index (χ4v) is 3.91. The number of esters is 1. The molecule has 0 radical (unpaired) electrons. The Hall–Kier alpha value is -3.53. The molecule has 37 heavy (non-hydrogen) atoms. The van der Waals surface area contributed by atoms with Crippen LogP contribution in [0.15, 0.2) is 34.7 Å². The van der Waals surface area contributed by atoms with E-state index in [-0.39, 0.29) is 51.1 Å². The Kier molecular flexibility index (Phi) is 10.8. The lowest BCUT2D eigenvalue weighted by atomic mass is 10.1. The highest BCUT2D eigenvalue weighted by Gasteiger charge is 2.24. The van der Waals surface area contributed by atoms with Gasteiger partial charge in [0, 0.05) is 32.7 Å². The predicted octanol–water partition coefficient (Wildman–Crippen LogP) is 3.44. The van der Waals surface area contributed by atoms with Gasteiger partial charge in [0.25, 0.3) is 0 Å². The zero-order valence-corrected chi connectivity index (χ0v) is 21.8. The van der Waals surface area contributed by atoms with Crippen molar-refractivity contribution in [1.82, 2.24) is 9.80 Å². The van der Waals surface area contributed by atoms with Crippen molar-refractivity contribution in [3.8, 4) is 11.5 Å². The van der Waals surface area contributed by atoms with Crippen LogP contribution in [0.3, 0.4) is 0 Å². The summed E-state index contributed by atoms with van der Waals surface area (Å²) < 4.78 is 26.9. The van der Waals surface area contributed by atoms with Crippen LogP contribution in [0.25, 0.3) is 0 Å². The van der Waals surface area contributed by atoms with Crippen molar-refractivity contribution in [3.05, 3.63) is 47.4 Å². The van der Waals surface area contributed by atoms with Crippen molar-refractivity contribution >= 4 is 17.8 Å². The van der Waals surface area contributed by atoms with Crippen LogP contribution in [-0.2, 0) is 36.9 Å². The normalized spacial score (nSPS) is 11.9. The summed E-state index contributed by atoms with van der Waals surface area (Å²) in [6.45, 7) is 7.66. The molecule has 10 nitrogen and oxygen atoms in total. The maximum Gasteiger partial charge on any atom is 0.306 e. The highest BCUT2D eigenvalue weighted by atomic mass is 16.7. The van der Waals surface area contributed by atoms with Gasteiger partial charge in [0.1, 0.15) is 11.5 Å². The standard InChI is InChI=1S/C27H36N2O8/c1-4-33-14-6-13-28(25(30)11-12-27(32)34-5-2)18-26(31)29(17-22-9-7-20(3)37-22)16-21-8-10-23-24(15-21)36-19-35-23/h7-10,15H,4-6,11-14,16-19H2,1-3H3. The van der Waals surface area contributed by atoms with Crippen LogP contribution in [0, 0.1) is 6.92 Å². The van der Waals surface area contributed by atoms with Gasteiger partial charge in [-0.2, -0.15) is 0 Å². The van der Waals surface area contributed by atoms with Gasteiger partial charge in [-0.3, -0.25) is 14.4 Å². The number of nitrogens with zero attached hydrogens (tertiary/aromatic N) is 2. The van der Waals surface area contributed by atoms with Crippen LogP contribution in [0.4, 0.5) is 0 Å². The van der Waals surface area contributed by atoms with Crippen molar-refractivity contribution in [2.75, 3.05) is 39.7 Å². The van der Waals surface area contributed by atoms with Crippen LogP contribution in [0.5, 0.6) is 11.5 Å². The van der Waals surface area contributed by atoms with Crippen LogP contribution >= 0.6 is 0 Å². The molecule has 0 atom stereocenters. The summed E-state index contributed by atoms with van der Waals surface area (Å²) in [7, 11) is 0. The minimum atomic E-state index is -0.436. The topological polar surface area (TPSA) is 108 Å². The lowest BCUT2D eigenvalue weighted by Crippen LogP contribution is -2.43. The molecule has 0 saturated carbocycles. The van der Waals surface area contributed by atoms with E-state index < -0.39 is 5.97 Å². The fourth-order valence-electron chi connectivity index (χ4n) is 3.91. The molecule has 0 aliphatic carbocycles. The maximum absolute atomic E-state index is 13.5. The molecule has 1 aromatic heterocycles. The third-order valence-corrected chi connectivity index (χ3v) is 5.75. The molecule has 10 heteroatoms. The molecule has 0 saturated heterocycles. The van der Waals surface area contributed by atoms with Gasteiger partial charge in [-0.15, -0.1) is 0 Å². The summed E-state index contributed by atoms with van der Waals surface area (Å²) >= 11 is 0.